The standard InChI is InChI=1S/C26H29F6NO3/c1-16(18-13-19(25(27,28)29)15-20(14-18)26(30,31)32)36-23-22(17-5-3-2-4-6-17)21(7-12-35-23)24(34)8-10-33-11-9-24/h2-6,13-16,21-23,33-34H,7-12H2,1H3/t16-,21?,22-,23-/m1/s1. The van der Waals surface area contributed by atoms with Crippen LogP contribution in [-0.2, 0) is 21.8 Å². The van der Waals surface area contributed by atoms with Crippen molar-refractivity contribution >= 4 is 0 Å². The Bertz CT molecular complexity index is 988. The second-order valence-corrected chi connectivity index (χ2v) is 9.54. The van der Waals surface area contributed by atoms with E-state index < -0.39 is 47.4 Å². The van der Waals surface area contributed by atoms with Crippen molar-refractivity contribution in [1.82, 2.24) is 5.32 Å². The molecule has 4 rings (SSSR count). The molecule has 0 aliphatic carbocycles. The predicted octanol–water partition coefficient (Wildman–Crippen LogP) is 6.06. The number of benzene rings is 2. The van der Waals surface area contributed by atoms with Crippen molar-refractivity contribution in [2.24, 2.45) is 5.92 Å². The fraction of sp³-hybridized carbons (Fsp3) is 0.538. The molecule has 0 spiro atoms. The zero-order chi connectivity index (χ0) is 26.1. The quantitative estimate of drug-likeness (QED) is 0.474. The van der Waals surface area contributed by atoms with E-state index in [1.807, 2.05) is 30.3 Å². The lowest BCUT2D eigenvalue weighted by Crippen LogP contribution is -2.53. The Morgan fingerprint density at radius 1 is 0.972 bits per heavy atom. The van der Waals surface area contributed by atoms with E-state index in [9.17, 15) is 31.4 Å². The number of alkyl halides is 6. The van der Waals surface area contributed by atoms with Gasteiger partial charge in [-0.3, -0.25) is 0 Å². The fourth-order valence-electron chi connectivity index (χ4n) is 5.30. The molecule has 1 unspecified atom stereocenters. The van der Waals surface area contributed by atoms with Crippen molar-refractivity contribution in [3.8, 4) is 0 Å². The summed E-state index contributed by atoms with van der Waals surface area (Å²) in [4.78, 5) is 0. The Morgan fingerprint density at radius 2 is 1.56 bits per heavy atom. The van der Waals surface area contributed by atoms with Crippen LogP contribution in [-0.4, -0.2) is 36.7 Å². The Hall–Kier alpha value is -2.14. The normalized spacial score (nSPS) is 25.9. The molecule has 2 heterocycles. The highest BCUT2D eigenvalue weighted by molar-refractivity contribution is 5.35. The zero-order valence-corrected chi connectivity index (χ0v) is 19.7. The average molecular weight is 518 g/mol. The summed E-state index contributed by atoms with van der Waals surface area (Å²) >= 11 is 0. The molecule has 2 fully saturated rings. The van der Waals surface area contributed by atoms with E-state index in [2.05, 4.69) is 5.32 Å². The Labute approximate surface area is 205 Å². The summed E-state index contributed by atoms with van der Waals surface area (Å²) in [7, 11) is 0. The van der Waals surface area contributed by atoms with Crippen LogP contribution >= 0.6 is 0 Å². The second kappa shape index (κ2) is 10.3. The molecule has 0 bridgehead atoms. The smallest absolute Gasteiger partial charge is 0.389 e. The highest BCUT2D eigenvalue weighted by atomic mass is 19.4. The number of hydrogen-bond donors (Lipinski definition) is 2. The highest BCUT2D eigenvalue weighted by Gasteiger charge is 2.48. The monoisotopic (exact) mass is 517 g/mol. The molecule has 2 N–H and O–H groups in total. The van der Waals surface area contributed by atoms with Gasteiger partial charge in [-0.1, -0.05) is 30.3 Å². The van der Waals surface area contributed by atoms with Crippen LogP contribution in [0.2, 0.25) is 0 Å². The van der Waals surface area contributed by atoms with Gasteiger partial charge in [0.15, 0.2) is 6.29 Å². The Kier molecular flexibility index (Phi) is 7.71. The first kappa shape index (κ1) is 26.9. The molecule has 0 saturated carbocycles. The molecular weight excluding hydrogens is 488 g/mol. The lowest BCUT2D eigenvalue weighted by molar-refractivity contribution is -0.230. The van der Waals surface area contributed by atoms with Gasteiger partial charge in [-0.25, -0.2) is 0 Å². The first-order valence-corrected chi connectivity index (χ1v) is 11.9. The van der Waals surface area contributed by atoms with Gasteiger partial charge in [0.25, 0.3) is 0 Å². The molecule has 10 heteroatoms. The summed E-state index contributed by atoms with van der Waals surface area (Å²) < 4.78 is 92.2. The van der Waals surface area contributed by atoms with Crippen molar-refractivity contribution in [3.63, 3.8) is 0 Å². The van der Waals surface area contributed by atoms with Gasteiger partial charge >= 0.3 is 12.4 Å². The van der Waals surface area contributed by atoms with Crippen molar-refractivity contribution in [1.29, 1.82) is 0 Å². The zero-order valence-electron chi connectivity index (χ0n) is 19.7. The number of nitrogens with one attached hydrogen (secondary N) is 1. The van der Waals surface area contributed by atoms with Gasteiger partial charge < -0.3 is 19.9 Å². The number of halogens is 6. The van der Waals surface area contributed by atoms with E-state index in [1.165, 1.54) is 6.92 Å². The van der Waals surface area contributed by atoms with Crippen LogP contribution in [0.3, 0.4) is 0 Å². The summed E-state index contributed by atoms with van der Waals surface area (Å²) in [5.74, 6) is -0.724. The predicted molar refractivity (Wildman–Crippen MR) is 120 cm³/mol. The van der Waals surface area contributed by atoms with Crippen molar-refractivity contribution in [2.45, 2.75) is 62.5 Å². The number of aliphatic hydroxyl groups is 1. The second-order valence-electron chi connectivity index (χ2n) is 9.54. The molecule has 4 atom stereocenters. The summed E-state index contributed by atoms with van der Waals surface area (Å²) in [6.45, 7) is 2.94. The average Bonchev–Trinajstić information content (AvgIpc) is 2.83. The first-order valence-electron chi connectivity index (χ1n) is 11.9. The molecule has 198 valence electrons. The molecule has 2 saturated heterocycles. The Morgan fingerprint density at radius 3 is 2.11 bits per heavy atom. The van der Waals surface area contributed by atoms with Gasteiger partial charge in [-0.05, 0) is 68.6 Å². The third-order valence-electron chi connectivity index (χ3n) is 7.20. The summed E-state index contributed by atoms with van der Waals surface area (Å²) in [5, 5.41) is 14.8. The summed E-state index contributed by atoms with van der Waals surface area (Å²) in [5.41, 5.74) is -3.22. The molecule has 2 aromatic rings. The lowest BCUT2D eigenvalue weighted by atomic mass is 9.68. The molecule has 4 nitrogen and oxygen atoms in total. The maximum Gasteiger partial charge on any atom is 0.416 e. The van der Waals surface area contributed by atoms with Crippen LogP contribution in [0.25, 0.3) is 0 Å². The molecular formula is C26H29F6NO3. The van der Waals surface area contributed by atoms with Gasteiger partial charge in [0.1, 0.15) is 0 Å². The van der Waals surface area contributed by atoms with Crippen LogP contribution < -0.4 is 5.32 Å². The van der Waals surface area contributed by atoms with E-state index in [0.29, 0.717) is 44.5 Å². The maximum absolute atomic E-state index is 13.4. The van der Waals surface area contributed by atoms with Gasteiger partial charge in [0.2, 0.25) is 0 Å². The van der Waals surface area contributed by atoms with Crippen LogP contribution in [0.4, 0.5) is 26.3 Å². The van der Waals surface area contributed by atoms with E-state index in [4.69, 9.17) is 9.47 Å². The van der Waals surface area contributed by atoms with Crippen molar-refractivity contribution < 1.29 is 40.9 Å². The third kappa shape index (κ3) is 5.88. The third-order valence-corrected chi connectivity index (χ3v) is 7.20. The molecule has 2 aliphatic rings. The first-order chi connectivity index (χ1) is 16.9. The number of rotatable bonds is 5. The molecule has 2 aliphatic heterocycles. The van der Waals surface area contributed by atoms with Gasteiger partial charge in [0, 0.05) is 11.8 Å². The number of ether oxygens (including phenoxy) is 2. The minimum absolute atomic E-state index is 0.1000. The van der Waals surface area contributed by atoms with Crippen LogP contribution in [0.15, 0.2) is 48.5 Å². The molecule has 0 radical (unpaired) electrons. The highest BCUT2D eigenvalue weighted by Crippen LogP contribution is 2.47. The number of piperidine rings is 1. The maximum atomic E-state index is 13.4. The van der Waals surface area contributed by atoms with Crippen molar-refractivity contribution in [3.05, 3.63) is 70.8 Å². The minimum Gasteiger partial charge on any atom is -0.389 e. The van der Waals surface area contributed by atoms with Crippen LogP contribution in [0.1, 0.15) is 60.5 Å². The van der Waals surface area contributed by atoms with Gasteiger partial charge in [-0.2, -0.15) is 26.3 Å². The Balaban J connectivity index is 1.67. The van der Waals surface area contributed by atoms with Crippen molar-refractivity contribution in [2.75, 3.05) is 19.7 Å². The van der Waals surface area contributed by atoms with E-state index in [0.717, 1.165) is 5.56 Å². The van der Waals surface area contributed by atoms with Gasteiger partial charge in [-0.15, -0.1) is 0 Å². The topological polar surface area (TPSA) is 50.7 Å². The minimum atomic E-state index is -4.95. The fourth-order valence-corrected chi connectivity index (χ4v) is 5.30. The van der Waals surface area contributed by atoms with Gasteiger partial charge in [0.05, 0.1) is 29.4 Å². The number of hydrogen-bond acceptors (Lipinski definition) is 4. The summed E-state index contributed by atoms with van der Waals surface area (Å²) in [6, 6.07) is 10.7. The molecule has 2 aromatic carbocycles. The van der Waals surface area contributed by atoms with Crippen LogP contribution in [0.5, 0.6) is 0 Å². The summed E-state index contributed by atoms with van der Waals surface area (Å²) in [6.07, 6.45) is -10.4. The molecule has 36 heavy (non-hydrogen) atoms. The lowest BCUT2D eigenvalue weighted by Gasteiger charge is -2.48. The largest absolute Gasteiger partial charge is 0.416 e. The van der Waals surface area contributed by atoms with E-state index >= 15 is 0 Å². The SMILES string of the molecule is C[C@@H](O[C@H]1OCCC(C2(O)CCNCC2)[C@H]1c1ccccc1)c1cc(C(F)(F)F)cc(C(F)(F)F)c1. The molecule has 0 aromatic heterocycles. The molecule has 0 amide bonds. The van der Waals surface area contributed by atoms with E-state index in [1.54, 1.807) is 0 Å². The van der Waals surface area contributed by atoms with Crippen LogP contribution in [0, 0.1) is 5.92 Å². The van der Waals surface area contributed by atoms with E-state index in [-0.39, 0.29) is 24.2 Å².